The Hall–Kier alpha value is -1.56. The zero-order valence-corrected chi connectivity index (χ0v) is 13.2. The van der Waals surface area contributed by atoms with E-state index >= 15 is 0 Å². The number of rotatable bonds is 4. The van der Waals surface area contributed by atoms with E-state index in [0.717, 1.165) is 12.0 Å². The van der Waals surface area contributed by atoms with Crippen LogP contribution in [-0.4, -0.2) is 40.4 Å². The summed E-state index contributed by atoms with van der Waals surface area (Å²) in [5.41, 5.74) is 1.05. The first-order valence-electron chi connectivity index (χ1n) is 7.53. The fraction of sp³-hybridized carbons (Fsp3) is 0.500. The number of thioether (sulfide) groups is 1. The summed E-state index contributed by atoms with van der Waals surface area (Å²) in [5.74, 6) is 1.22. The second-order valence-electron chi connectivity index (χ2n) is 5.74. The Kier molecular flexibility index (Phi) is 4.38. The lowest BCUT2D eigenvalue weighted by atomic mass is 10.1. The van der Waals surface area contributed by atoms with Crippen LogP contribution in [0, 0.1) is 5.82 Å². The lowest BCUT2D eigenvalue weighted by molar-refractivity contribution is -0.137. The van der Waals surface area contributed by atoms with Crippen molar-refractivity contribution in [3.8, 4) is 0 Å². The molecule has 0 radical (unpaired) electrons. The van der Waals surface area contributed by atoms with E-state index in [-0.39, 0.29) is 35.6 Å². The van der Waals surface area contributed by atoms with Crippen LogP contribution in [-0.2, 0) is 9.59 Å². The summed E-state index contributed by atoms with van der Waals surface area (Å²) < 4.78 is 12.9. The van der Waals surface area contributed by atoms with E-state index in [2.05, 4.69) is 5.32 Å². The minimum Gasteiger partial charge on any atom is -0.351 e. The highest BCUT2D eigenvalue weighted by molar-refractivity contribution is 7.99. The molecule has 0 bridgehead atoms. The number of amides is 2. The van der Waals surface area contributed by atoms with Crippen molar-refractivity contribution in [2.45, 2.75) is 37.8 Å². The summed E-state index contributed by atoms with van der Waals surface area (Å²) in [5, 5.41) is 3.03. The largest absolute Gasteiger partial charge is 0.351 e. The Bertz CT molecular complexity index is 578. The number of carbonyl (C=O) groups is 2. The minimum absolute atomic E-state index is 0.0241. The molecule has 2 aliphatic rings. The molecule has 3 rings (SSSR count). The molecule has 2 amide bonds. The zero-order valence-electron chi connectivity index (χ0n) is 12.4. The molecular weight excluding hydrogens is 303 g/mol. The van der Waals surface area contributed by atoms with Crippen LogP contribution < -0.4 is 5.32 Å². The first-order valence-corrected chi connectivity index (χ1v) is 8.68. The van der Waals surface area contributed by atoms with Crippen molar-refractivity contribution in [3.63, 3.8) is 0 Å². The maximum Gasteiger partial charge on any atom is 0.243 e. The van der Waals surface area contributed by atoms with Gasteiger partial charge in [0, 0.05) is 24.1 Å². The van der Waals surface area contributed by atoms with Crippen LogP contribution >= 0.6 is 11.8 Å². The predicted octanol–water partition coefficient (Wildman–Crippen LogP) is 2.11. The molecule has 4 nitrogen and oxygen atoms in total. The van der Waals surface area contributed by atoms with Crippen LogP contribution in [0.15, 0.2) is 24.3 Å². The number of hydrogen-bond donors (Lipinski definition) is 1. The highest BCUT2D eigenvalue weighted by Gasteiger charge is 2.42. The molecule has 0 unspecified atom stereocenters. The average molecular weight is 322 g/mol. The monoisotopic (exact) mass is 322 g/mol. The number of benzene rings is 1. The molecular formula is C16H19FN2O2S. The highest BCUT2D eigenvalue weighted by atomic mass is 32.2. The maximum atomic E-state index is 12.9. The van der Waals surface area contributed by atoms with Crippen LogP contribution in [0.1, 0.15) is 31.2 Å². The maximum absolute atomic E-state index is 12.9. The molecule has 1 heterocycles. The Balaban J connectivity index is 1.57. The summed E-state index contributed by atoms with van der Waals surface area (Å²) in [4.78, 5) is 25.9. The molecule has 6 heteroatoms. The summed E-state index contributed by atoms with van der Waals surface area (Å²) >= 11 is 1.61. The Morgan fingerprint density at radius 3 is 2.77 bits per heavy atom. The van der Waals surface area contributed by atoms with Crippen LogP contribution in [0.4, 0.5) is 4.39 Å². The molecule has 0 spiro atoms. The van der Waals surface area contributed by atoms with E-state index in [1.807, 2.05) is 6.92 Å². The standard InChI is InChI=1S/C16H19FN2O2S/c1-2-15(20)19-9-22-8-14(19)16(21)18-13-7-12(13)10-3-5-11(17)6-4-10/h3-6,12-14H,2,7-9H2,1H3,(H,18,21)/t12-,13+,14-/m1/s1. The van der Waals surface area contributed by atoms with Crippen molar-refractivity contribution in [1.82, 2.24) is 10.2 Å². The minimum atomic E-state index is -0.355. The SMILES string of the molecule is CCC(=O)N1CSC[C@@H]1C(=O)N[C@H]1C[C@@H]1c1ccc(F)cc1. The first kappa shape index (κ1) is 15.3. The lowest BCUT2D eigenvalue weighted by Crippen LogP contribution is -2.47. The number of nitrogens with one attached hydrogen (secondary N) is 1. The van der Waals surface area contributed by atoms with Gasteiger partial charge >= 0.3 is 0 Å². The molecule has 0 aromatic heterocycles. The Labute approximate surface area is 133 Å². The molecule has 1 aromatic carbocycles. The van der Waals surface area contributed by atoms with Gasteiger partial charge in [-0.1, -0.05) is 19.1 Å². The predicted molar refractivity (Wildman–Crippen MR) is 83.9 cm³/mol. The van der Waals surface area contributed by atoms with Crippen molar-refractivity contribution in [1.29, 1.82) is 0 Å². The van der Waals surface area contributed by atoms with Crippen molar-refractivity contribution in [3.05, 3.63) is 35.6 Å². The number of nitrogens with zero attached hydrogens (tertiary/aromatic N) is 1. The van der Waals surface area contributed by atoms with Crippen LogP contribution in [0.2, 0.25) is 0 Å². The molecule has 22 heavy (non-hydrogen) atoms. The molecule has 1 aliphatic carbocycles. The molecule has 1 saturated carbocycles. The van der Waals surface area contributed by atoms with Crippen LogP contribution in [0.5, 0.6) is 0 Å². The summed E-state index contributed by atoms with van der Waals surface area (Å²) in [6.07, 6.45) is 1.30. The zero-order chi connectivity index (χ0) is 15.7. The van der Waals surface area contributed by atoms with E-state index in [1.54, 1.807) is 28.8 Å². The molecule has 3 atom stereocenters. The van der Waals surface area contributed by atoms with Gasteiger partial charge in [-0.2, -0.15) is 0 Å². The molecule has 1 saturated heterocycles. The van der Waals surface area contributed by atoms with Gasteiger partial charge in [-0.05, 0) is 24.1 Å². The summed E-state index contributed by atoms with van der Waals surface area (Å²) in [6.45, 7) is 1.81. The second kappa shape index (κ2) is 6.28. The first-order chi connectivity index (χ1) is 10.6. The third kappa shape index (κ3) is 3.11. The van der Waals surface area contributed by atoms with Gasteiger partial charge in [0.1, 0.15) is 11.9 Å². The van der Waals surface area contributed by atoms with Gasteiger partial charge < -0.3 is 10.2 Å². The smallest absolute Gasteiger partial charge is 0.243 e. The number of carbonyl (C=O) groups excluding carboxylic acids is 2. The third-order valence-electron chi connectivity index (χ3n) is 4.22. The van der Waals surface area contributed by atoms with Gasteiger partial charge in [0.25, 0.3) is 0 Å². The van der Waals surface area contributed by atoms with Gasteiger partial charge in [-0.15, -0.1) is 11.8 Å². The van der Waals surface area contributed by atoms with E-state index in [1.165, 1.54) is 12.1 Å². The van der Waals surface area contributed by atoms with Crippen molar-refractivity contribution < 1.29 is 14.0 Å². The molecule has 1 N–H and O–H groups in total. The number of hydrogen-bond acceptors (Lipinski definition) is 3. The Morgan fingerprint density at radius 2 is 2.09 bits per heavy atom. The van der Waals surface area contributed by atoms with E-state index in [9.17, 15) is 14.0 Å². The van der Waals surface area contributed by atoms with Gasteiger partial charge in [0.15, 0.2) is 0 Å². The van der Waals surface area contributed by atoms with Crippen LogP contribution in [0.25, 0.3) is 0 Å². The van der Waals surface area contributed by atoms with E-state index in [4.69, 9.17) is 0 Å². The molecule has 1 aromatic rings. The van der Waals surface area contributed by atoms with Gasteiger partial charge in [0.2, 0.25) is 11.8 Å². The van der Waals surface area contributed by atoms with Crippen molar-refractivity contribution in [2.24, 2.45) is 0 Å². The average Bonchev–Trinajstić information content (AvgIpc) is 3.10. The lowest BCUT2D eigenvalue weighted by Gasteiger charge is -2.22. The summed E-state index contributed by atoms with van der Waals surface area (Å²) in [6, 6.07) is 6.17. The highest BCUT2D eigenvalue weighted by Crippen LogP contribution is 2.41. The van der Waals surface area contributed by atoms with Crippen LogP contribution in [0.3, 0.4) is 0 Å². The molecule has 118 valence electrons. The molecule has 2 fully saturated rings. The Morgan fingerprint density at radius 1 is 1.36 bits per heavy atom. The van der Waals surface area contributed by atoms with Crippen molar-refractivity contribution in [2.75, 3.05) is 11.6 Å². The van der Waals surface area contributed by atoms with Gasteiger partial charge in [-0.3, -0.25) is 9.59 Å². The van der Waals surface area contributed by atoms with E-state index < -0.39 is 0 Å². The summed E-state index contributed by atoms with van der Waals surface area (Å²) in [7, 11) is 0. The molecule has 1 aliphatic heterocycles. The third-order valence-corrected chi connectivity index (χ3v) is 5.24. The second-order valence-corrected chi connectivity index (χ2v) is 6.74. The fourth-order valence-electron chi connectivity index (χ4n) is 2.82. The topological polar surface area (TPSA) is 49.4 Å². The fourth-order valence-corrected chi connectivity index (χ4v) is 4.00. The van der Waals surface area contributed by atoms with E-state index in [0.29, 0.717) is 18.1 Å². The normalized spacial score (nSPS) is 26.8. The van der Waals surface area contributed by atoms with Gasteiger partial charge in [0.05, 0.1) is 5.88 Å². The van der Waals surface area contributed by atoms with Gasteiger partial charge in [-0.25, -0.2) is 4.39 Å². The van der Waals surface area contributed by atoms with Crippen molar-refractivity contribution >= 4 is 23.6 Å². The quantitative estimate of drug-likeness (QED) is 0.924. The number of halogens is 1.